The summed E-state index contributed by atoms with van der Waals surface area (Å²) in [5, 5.41) is 0. The van der Waals surface area contributed by atoms with Gasteiger partial charge in [-0.1, -0.05) is 13.8 Å². The Kier molecular flexibility index (Phi) is 5.87. The molecule has 5 nitrogen and oxygen atoms in total. The van der Waals surface area contributed by atoms with Crippen molar-refractivity contribution in [2.45, 2.75) is 26.3 Å². The molecule has 0 aromatic heterocycles. The van der Waals surface area contributed by atoms with Crippen molar-refractivity contribution in [3.63, 3.8) is 0 Å². The van der Waals surface area contributed by atoms with Crippen LogP contribution in [0.15, 0.2) is 0 Å². The molecular formula is C9H17NO4. The zero-order valence-electron chi connectivity index (χ0n) is 8.78. The Morgan fingerprint density at radius 3 is 2.36 bits per heavy atom. The molecule has 0 aliphatic carbocycles. The number of ether oxygens (including phenoxy) is 2. The maximum atomic E-state index is 11.1. The lowest BCUT2D eigenvalue weighted by Crippen LogP contribution is -2.34. The Balaban J connectivity index is 3.77. The lowest BCUT2D eigenvalue weighted by Gasteiger charge is -2.10. The van der Waals surface area contributed by atoms with Crippen molar-refractivity contribution >= 4 is 11.9 Å². The Labute approximate surface area is 83.5 Å². The van der Waals surface area contributed by atoms with Gasteiger partial charge in [0.05, 0.1) is 20.1 Å². The third-order valence-corrected chi connectivity index (χ3v) is 1.47. The third kappa shape index (κ3) is 5.53. The number of nitrogens with two attached hydrogens (primary N) is 1. The van der Waals surface area contributed by atoms with Crippen LogP contribution in [0.5, 0.6) is 0 Å². The molecule has 2 N–H and O–H groups in total. The first-order valence-electron chi connectivity index (χ1n) is 4.46. The molecule has 0 aromatic carbocycles. The largest absolute Gasteiger partial charge is 0.468 e. The van der Waals surface area contributed by atoms with Crippen molar-refractivity contribution in [1.29, 1.82) is 0 Å². The second kappa shape index (κ2) is 6.37. The molecule has 0 heterocycles. The summed E-state index contributed by atoms with van der Waals surface area (Å²) in [7, 11) is 1.22. The number of esters is 2. The van der Waals surface area contributed by atoms with Gasteiger partial charge >= 0.3 is 11.9 Å². The molecule has 0 aromatic rings. The highest BCUT2D eigenvalue weighted by molar-refractivity contribution is 5.82. The topological polar surface area (TPSA) is 78.6 Å². The quantitative estimate of drug-likeness (QED) is 0.640. The predicted octanol–water partition coefficient (Wildman–Crippen LogP) is 0.0760. The van der Waals surface area contributed by atoms with Gasteiger partial charge in [-0.05, 0) is 5.92 Å². The van der Waals surface area contributed by atoms with E-state index in [4.69, 9.17) is 10.5 Å². The number of hydrogen-bond acceptors (Lipinski definition) is 5. The Morgan fingerprint density at radius 2 is 1.93 bits per heavy atom. The molecule has 0 radical (unpaired) electrons. The van der Waals surface area contributed by atoms with Crippen LogP contribution in [-0.2, 0) is 19.1 Å². The summed E-state index contributed by atoms with van der Waals surface area (Å²) < 4.78 is 9.21. The Hall–Kier alpha value is -1.10. The molecule has 0 aliphatic heterocycles. The first-order valence-corrected chi connectivity index (χ1v) is 4.46. The van der Waals surface area contributed by atoms with Gasteiger partial charge in [-0.2, -0.15) is 0 Å². The van der Waals surface area contributed by atoms with Crippen LogP contribution in [0.4, 0.5) is 0 Å². The number of methoxy groups -OCH3 is 1. The zero-order valence-corrected chi connectivity index (χ0v) is 8.78. The normalized spacial score (nSPS) is 12.4. The van der Waals surface area contributed by atoms with Crippen LogP contribution in [0.2, 0.25) is 0 Å². The fraction of sp³-hybridized carbons (Fsp3) is 0.778. The predicted molar refractivity (Wildman–Crippen MR) is 50.4 cm³/mol. The Bertz CT molecular complexity index is 203. The maximum Gasteiger partial charge on any atom is 0.323 e. The fourth-order valence-corrected chi connectivity index (χ4v) is 0.733. The van der Waals surface area contributed by atoms with Gasteiger partial charge in [-0.3, -0.25) is 9.59 Å². The highest BCUT2D eigenvalue weighted by Crippen LogP contribution is 1.98. The Morgan fingerprint density at radius 1 is 1.36 bits per heavy atom. The van der Waals surface area contributed by atoms with E-state index in [2.05, 4.69) is 4.74 Å². The van der Waals surface area contributed by atoms with Gasteiger partial charge in [-0.15, -0.1) is 0 Å². The van der Waals surface area contributed by atoms with Gasteiger partial charge in [0.1, 0.15) is 6.04 Å². The van der Waals surface area contributed by atoms with Gasteiger partial charge < -0.3 is 15.2 Å². The van der Waals surface area contributed by atoms with Crippen molar-refractivity contribution in [3.8, 4) is 0 Å². The first-order chi connectivity index (χ1) is 6.47. The smallest absolute Gasteiger partial charge is 0.323 e. The van der Waals surface area contributed by atoms with E-state index >= 15 is 0 Å². The molecule has 0 rings (SSSR count). The van der Waals surface area contributed by atoms with Crippen LogP contribution in [0.3, 0.4) is 0 Å². The molecule has 82 valence electrons. The van der Waals surface area contributed by atoms with Gasteiger partial charge in [-0.25, -0.2) is 0 Å². The lowest BCUT2D eigenvalue weighted by atomic mass is 10.2. The van der Waals surface area contributed by atoms with E-state index in [1.807, 2.05) is 13.8 Å². The molecule has 0 aliphatic rings. The number of hydrogen-bond donors (Lipinski definition) is 1. The van der Waals surface area contributed by atoms with Crippen LogP contribution in [0.25, 0.3) is 0 Å². The molecular weight excluding hydrogens is 186 g/mol. The minimum absolute atomic E-state index is 0.139. The number of carbonyl (C=O) groups is 2. The maximum absolute atomic E-state index is 11.1. The summed E-state index contributed by atoms with van der Waals surface area (Å²) in [6, 6.07) is -0.931. The van der Waals surface area contributed by atoms with Gasteiger partial charge in [0.25, 0.3) is 0 Å². The molecule has 0 fully saturated rings. The summed E-state index contributed by atoms with van der Waals surface area (Å²) in [5.41, 5.74) is 5.36. The monoisotopic (exact) mass is 203 g/mol. The molecule has 0 spiro atoms. The summed E-state index contributed by atoms with van der Waals surface area (Å²) >= 11 is 0. The average Bonchev–Trinajstić information content (AvgIpc) is 2.13. The van der Waals surface area contributed by atoms with Crippen molar-refractivity contribution in [1.82, 2.24) is 0 Å². The van der Waals surface area contributed by atoms with Crippen LogP contribution in [0.1, 0.15) is 20.3 Å². The van der Waals surface area contributed by atoms with Crippen LogP contribution in [-0.4, -0.2) is 31.7 Å². The third-order valence-electron chi connectivity index (χ3n) is 1.47. The fourth-order valence-electron chi connectivity index (χ4n) is 0.733. The highest BCUT2D eigenvalue weighted by atomic mass is 16.5. The summed E-state index contributed by atoms with van der Waals surface area (Å²) in [6.45, 7) is 4.19. The second-order valence-electron chi connectivity index (χ2n) is 3.41. The van der Waals surface area contributed by atoms with Crippen molar-refractivity contribution in [2.75, 3.05) is 13.7 Å². The first kappa shape index (κ1) is 12.9. The van der Waals surface area contributed by atoms with Crippen molar-refractivity contribution < 1.29 is 19.1 Å². The molecule has 1 atom stereocenters. The molecule has 0 amide bonds. The van der Waals surface area contributed by atoms with Crippen LogP contribution < -0.4 is 5.73 Å². The SMILES string of the molecule is COC(=O)[C@@H](N)CC(=O)OCC(C)C. The van der Waals surface area contributed by atoms with E-state index in [1.165, 1.54) is 7.11 Å². The molecule has 0 saturated carbocycles. The van der Waals surface area contributed by atoms with E-state index in [0.717, 1.165) is 0 Å². The standard InChI is InChI=1S/C9H17NO4/c1-6(2)5-14-8(11)4-7(10)9(12)13-3/h6-7H,4-5,10H2,1-3H3/t7-/m0/s1. The van der Waals surface area contributed by atoms with Gasteiger partial charge in [0.15, 0.2) is 0 Å². The van der Waals surface area contributed by atoms with Gasteiger partial charge in [0, 0.05) is 0 Å². The van der Waals surface area contributed by atoms with Crippen molar-refractivity contribution in [2.24, 2.45) is 11.7 Å². The second-order valence-corrected chi connectivity index (χ2v) is 3.41. The summed E-state index contributed by atoms with van der Waals surface area (Å²) in [6.07, 6.45) is -0.139. The van der Waals surface area contributed by atoms with E-state index in [0.29, 0.717) is 6.61 Å². The minimum Gasteiger partial charge on any atom is -0.468 e. The molecule has 0 saturated heterocycles. The molecule has 5 heteroatoms. The minimum atomic E-state index is -0.931. The van der Waals surface area contributed by atoms with Crippen LogP contribution >= 0.6 is 0 Å². The zero-order chi connectivity index (χ0) is 11.1. The highest BCUT2D eigenvalue weighted by Gasteiger charge is 2.18. The average molecular weight is 203 g/mol. The molecule has 0 bridgehead atoms. The molecule has 0 unspecified atom stereocenters. The van der Waals surface area contributed by atoms with E-state index in [1.54, 1.807) is 0 Å². The summed E-state index contributed by atoms with van der Waals surface area (Å²) in [5.74, 6) is -0.809. The van der Waals surface area contributed by atoms with E-state index in [9.17, 15) is 9.59 Å². The van der Waals surface area contributed by atoms with E-state index in [-0.39, 0.29) is 12.3 Å². The van der Waals surface area contributed by atoms with Crippen molar-refractivity contribution in [3.05, 3.63) is 0 Å². The number of rotatable bonds is 5. The summed E-state index contributed by atoms with van der Waals surface area (Å²) in [4.78, 5) is 21.9. The van der Waals surface area contributed by atoms with E-state index < -0.39 is 18.0 Å². The number of carbonyl (C=O) groups excluding carboxylic acids is 2. The van der Waals surface area contributed by atoms with Gasteiger partial charge in [0.2, 0.25) is 0 Å². The molecule has 14 heavy (non-hydrogen) atoms. The lowest BCUT2D eigenvalue weighted by molar-refractivity contribution is -0.150. The van der Waals surface area contributed by atoms with Crippen LogP contribution in [0, 0.1) is 5.92 Å².